The van der Waals surface area contributed by atoms with Gasteiger partial charge in [-0.1, -0.05) is 0 Å². The fraction of sp³-hybridized carbons (Fsp3) is 0.750. The number of nitro groups is 1. The standard InChI is InChI=1S/C36H54N2O19/c1-18-29(45)23(43)15-27(52-18)56-34-33(57-35-28(37-19(2)41)32(48)30(46)24(16-39)54-35)31(47)25(17-40)55-36(34)51-14-6-5-8-21(42)7-3-4-9-26(44)53-22-12-10-20(11-13-22)38(49)50/h10-13,18,23-25,27-36,39-40,43,45-48H,3-9,14-17H2,1-2H3,(H,37,41)/t18?,23-,24?,25?,27+,28?,29-,30+,31+,32-,33+,34?,35-,36-/m1/s1. The van der Waals surface area contributed by atoms with Crippen LogP contribution in [0.3, 0.4) is 0 Å². The summed E-state index contributed by atoms with van der Waals surface area (Å²) in [6.07, 6.45) is -16.3. The Kier molecular flexibility index (Phi) is 18.1. The monoisotopic (exact) mass is 818 g/mol. The lowest BCUT2D eigenvalue weighted by Gasteiger charge is -2.49. The molecular weight excluding hydrogens is 764 g/mol. The Hall–Kier alpha value is -3.29. The maximum Gasteiger partial charge on any atom is 0.311 e. The van der Waals surface area contributed by atoms with Gasteiger partial charge < -0.3 is 74.2 Å². The summed E-state index contributed by atoms with van der Waals surface area (Å²) in [7, 11) is 0. The van der Waals surface area contributed by atoms with Crippen LogP contribution in [0.15, 0.2) is 24.3 Å². The SMILES string of the molecule is CC(=O)NC1[C@@H](O[C@@H]2C(O[C@H]3C[C@@H](O)[C@H](O)C(C)O3)[C@H](OCCCCC(=O)CCCCC(=O)Oc3ccc([N+](=O)[O-])cc3)OC(CO)[C@@H]2O)OC(CO)[C@H](O)[C@@H]1O. The molecule has 5 unspecified atom stereocenters. The van der Waals surface area contributed by atoms with E-state index in [1.165, 1.54) is 31.2 Å². The minimum atomic E-state index is -1.69. The van der Waals surface area contributed by atoms with Gasteiger partial charge in [0.2, 0.25) is 5.91 Å². The minimum Gasteiger partial charge on any atom is -0.427 e. The van der Waals surface area contributed by atoms with Gasteiger partial charge in [0.25, 0.3) is 5.69 Å². The second-order valence-electron chi connectivity index (χ2n) is 14.2. The van der Waals surface area contributed by atoms with Gasteiger partial charge in [-0.15, -0.1) is 0 Å². The predicted octanol–water partition coefficient (Wildman–Crippen LogP) is -1.53. The van der Waals surface area contributed by atoms with E-state index in [-0.39, 0.29) is 49.5 Å². The summed E-state index contributed by atoms with van der Waals surface area (Å²) in [6.45, 7) is 1.18. The zero-order chi connectivity index (χ0) is 41.8. The molecule has 0 bridgehead atoms. The number of nitrogens with one attached hydrogen (secondary N) is 1. The van der Waals surface area contributed by atoms with E-state index < -0.39 is 116 Å². The van der Waals surface area contributed by atoms with Crippen LogP contribution in [0.25, 0.3) is 0 Å². The van der Waals surface area contributed by atoms with Gasteiger partial charge in [0.15, 0.2) is 18.9 Å². The highest BCUT2D eigenvalue weighted by Crippen LogP contribution is 2.34. The molecule has 0 aliphatic carbocycles. The number of amides is 1. The number of hydrogen-bond donors (Lipinski definition) is 8. The molecule has 14 atom stereocenters. The number of benzene rings is 1. The number of non-ortho nitro benzene ring substituents is 1. The zero-order valence-corrected chi connectivity index (χ0v) is 31.6. The van der Waals surface area contributed by atoms with Gasteiger partial charge in [0.05, 0.1) is 30.3 Å². The zero-order valence-electron chi connectivity index (χ0n) is 31.6. The number of Topliss-reactive ketones (excluding diaryl/α,β-unsaturated/α-hetero) is 1. The van der Waals surface area contributed by atoms with E-state index >= 15 is 0 Å². The Bertz CT molecular complexity index is 1440. The number of carbonyl (C=O) groups is 3. The Morgan fingerprint density at radius 2 is 1.42 bits per heavy atom. The van der Waals surface area contributed by atoms with Gasteiger partial charge >= 0.3 is 5.97 Å². The Labute approximate surface area is 327 Å². The number of ether oxygens (including phenoxy) is 7. The largest absolute Gasteiger partial charge is 0.427 e. The average Bonchev–Trinajstić information content (AvgIpc) is 3.17. The molecule has 3 aliphatic heterocycles. The third kappa shape index (κ3) is 13.1. The minimum absolute atomic E-state index is 0.0114. The van der Waals surface area contributed by atoms with Crippen LogP contribution in [-0.4, -0.2) is 164 Å². The van der Waals surface area contributed by atoms with Crippen molar-refractivity contribution in [2.45, 2.75) is 151 Å². The molecule has 3 heterocycles. The molecule has 0 spiro atoms. The number of unbranched alkanes of at least 4 members (excludes halogenated alkanes) is 2. The number of aliphatic hydroxyl groups excluding tert-OH is 7. The van der Waals surface area contributed by atoms with E-state index in [2.05, 4.69) is 5.32 Å². The maximum atomic E-state index is 12.5. The lowest BCUT2D eigenvalue weighted by molar-refractivity contribution is -0.384. The molecule has 322 valence electrons. The molecule has 21 heteroatoms. The molecule has 3 aliphatic rings. The Morgan fingerprint density at radius 1 is 0.807 bits per heavy atom. The summed E-state index contributed by atoms with van der Waals surface area (Å²) in [4.78, 5) is 46.9. The van der Waals surface area contributed by atoms with Crippen LogP contribution in [0.4, 0.5) is 5.69 Å². The number of ketones is 1. The lowest BCUT2D eigenvalue weighted by atomic mass is 9.95. The van der Waals surface area contributed by atoms with Crippen molar-refractivity contribution in [1.82, 2.24) is 5.32 Å². The third-order valence-electron chi connectivity index (χ3n) is 9.82. The van der Waals surface area contributed by atoms with Crippen molar-refractivity contribution in [3.63, 3.8) is 0 Å². The van der Waals surface area contributed by atoms with E-state index in [4.69, 9.17) is 33.2 Å². The molecule has 21 nitrogen and oxygen atoms in total. The van der Waals surface area contributed by atoms with Gasteiger partial charge in [-0.3, -0.25) is 24.5 Å². The van der Waals surface area contributed by atoms with Gasteiger partial charge in [0.1, 0.15) is 66.4 Å². The van der Waals surface area contributed by atoms with Crippen molar-refractivity contribution in [2.75, 3.05) is 19.8 Å². The Balaban J connectivity index is 1.34. The van der Waals surface area contributed by atoms with Gasteiger partial charge in [-0.25, -0.2) is 0 Å². The first-order valence-corrected chi connectivity index (χ1v) is 18.9. The average molecular weight is 819 g/mol. The van der Waals surface area contributed by atoms with Crippen molar-refractivity contribution in [3.8, 4) is 5.75 Å². The summed E-state index contributed by atoms with van der Waals surface area (Å²) in [5.74, 6) is -1.04. The van der Waals surface area contributed by atoms with Gasteiger partial charge in [-0.05, 0) is 44.7 Å². The number of esters is 1. The first-order valence-electron chi connectivity index (χ1n) is 18.9. The van der Waals surface area contributed by atoms with Crippen LogP contribution in [-0.2, 0) is 42.8 Å². The topological polar surface area (TPSA) is 313 Å². The van der Waals surface area contributed by atoms with E-state index in [0.29, 0.717) is 25.7 Å². The van der Waals surface area contributed by atoms with Crippen molar-refractivity contribution in [2.24, 2.45) is 0 Å². The van der Waals surface area contributed by atoms with E-state index in [9.17, 15) is 60.2 Å². The molecular formula is C36H54N2O19. The molecule has 57 heavy (non-hydrogen) atoms. The summed E-state index contributed by atoms with van der Waals surface area (Å²) >= 11 is 0. The number of nitrogens with zero attached hydrogens (tertiary/aromatic N) is 1. The maximum absolute atomic E-state index is 12.5. The fourth-order valence-corrected chi connectivity index (χ4v) is 6.66. The van der Waals surface area contributed by atoms with Gasteiger partial charge in [-0.2, -0.15) is 0 Å². The molecule has 1 amide bonds. The highest BCUT2D eigenvalue weighted by atomic mass is 16.8. The van der Waals surface area contributed by atoms with Crippen LogP contribution < -0.4 is 10.1 Å². The number of nitro benzene ring substituents is 1. The smallest absolute Gasteiger partial charge is 0.311 e. The molecule has 1 aromatic rings. The quantitative estimate of drug-likeness (QED) is 0.0243. The highest BCUT2D eigenvalue weighted by Gasteiger charge is 2.53. The van der Waals surface area contributed by atoms with Crippen molar-refractivity contribution in [1.29, 1.82) is 0 Å². The van der Waals surface area contributed by atoms with Crippen LogP contribution in [0, 0.1) is 10.1 Å². The second kappa shape index (κ2) is 22.2. The summed E-state index contributed by atoms with van der Waals surface area (Å²) in [5.41, 5.74) is -0.135. The summed E-state index contributed by atoms with van der Waals surface area (Å²) in [6, 6.07) is 3.69. The number of aliphatic hydroxyl groups is 7. The van der Waals surface area contributed by atoms with Gasteiger partial charge in [0, 0.05) is 51.3 Å². The van der Waals surface area contributed by atoms with Crippen LogP contribution in [0.1, 0.15) is 65.2 Å². The third-order valence-corrected chi connectivity index (χ3v) is 9.82. The van der Waals surface area contributed by atoms with Crippen molar-refractivity contribution < 1.29 is 88.2 Å². The molecule has 3 fully saturated rings. The normalized spacial score (nSPS) is 34.3. The summed E-state index contributed by atoms with van der Waals surface area (Å²) in [5, 5.41) is 86.4. The molecule has 8 N–H and O–H groups in total. The van der Waals surface area contributed by atoms with Crippen LogP contribution in [0.2, 0.25) is 0 Å². The molecule has 0 radical (unpaired) electrons. The van der Waals surface area contributed by atoms with E-state index in [1.54, 1.807) is 0 Å². The first kappa shape index (κ1) is 46.4. The first-order chi connectivity index (χ1) is 27.1. The molecule has 3 saturated heterocycles. The summed E-state index contributed by atoms with van der Waals surface area (Å²) < 4.78 is 40.8. The number of rotatable bonds is 20. The van der Waals surface area contributed by atoms with Crippen LogP contribution >= 0.6 is 0 Å². The lowest BCUT2D eigenvalue weighted by Crippen LogP contribution is -2.68. The Morgan fingerprint density at radius 3 is 2.04 bits per heavy atom. The predicted molar refractivity (Wildman–Crippen MR) is 190 cm³/mol. The molecule has 1 aromatic carbocycles. The van der Waals surface area contributed by atoms with Crippen molar-refractivity contribution in [3.05, 3.63) is 34.4 Å². The van der Waals surface area contributed by atoms with Crippen molar-refractivity contribution >= 4 is 23.3 Å². The van der Waals surface area contributed by atoms with E-state index in [0.717, 1.165) is 6.92 Å². The second-order valence-corrected chi connectivity index (χ2v) is 14.2. The fourth-order valence-electron chi connectivity index (χ4n) is 6.66. The molecule has 0 saturated carbocycles. The highest BCUT2D eigenvalue weighted by molar-refractivity contribution is 5.78. The number of carbonyl (C=O) groups excluding carboxylic acids is 3. The molecule has 4 rings (SSSR count). The molecule has 0 aromatic heterocycles. The van der Waals surface area contributed by atoms with Crippen LogP contribution in [0.5, 0.6) is 5.75 Å². The number of hydrogen-bond acceptors (Lipinski definition) is 19. The van der Waals surface area contributed by atoms with E-state index in [1.807, 2.05) is 0 Å².